The SMILES string of the molecule is CCON1C(=O)C2CCC(C)CC2C1=O. The van der Waals surface area contributed by atoms with Gasteiger partial charge < -0.3 is 0 Å². The molecular formula is C11H17NO3. The fourth-order valence-corrected chi connectivity index (χ4v) is 2.62. The number of amides is 2. The average Bonchev–Trinajstić information content (AvgIpc) is 2.44. The quantitative estimate of drug-likeness (QED) is 0.648. The third kappa shape index (κ3) is 1.67. The van der Waals surface area contributed by atoms with E-state index in [2.05, 4.69) is 6.92 Å². The summed E-state index contributed by atoms with van der Waals surface area (Å²) in [5.74, 6) is 0.0646. The molecule has 3 atom stereocenters. The van der Waals surface area contributed by atoms with E-state index >= 15 is 0 Å². The highest BCUT2D eigenvalue weighted by Crippen LogP contribution is 2.40. The molecule has 1 saturated heterocycles. The molecule has 1 aliphatic carbocycles. The van der Waals surface area contributed by atoms with E-state index < -0.39 is 0 Å². The number of nitrogens with zero attached hydrogens (tertiary/aromatic N) is 1. The Morgan fingerprint density at radius 1 is 1.27 bits per heavy atom. The molecule has 2 aliphatic rings. The molecule has 0 N–H and O–H groups in total. The molecule has 1 saturated carbocycles. The lowest BCUT2D eigenvalue weighted by Crippen LogP contribution is -2.31. The molecular weight excluding hydrogens is 194 g/mol. The highest BCUT2D eigenvalue weighted by Gasteiger charge is 2.50. The van der Waals surface area contributed by atoms with Crippen LogP contribution in [-0.2, 0) is 14.4 Å². The summed E-state index contributed by atoms with van der Waals surface area (Å²) in [6.45, 7) is 4.29. The molecule has 1 aliphatic heterocycles. The van der Waals surface area contributed by atoms with Crippen LogP contribution in [0.4, 0.5) is 0 Å². The second kappa shape index (κ2) is 3.93. The van der Waals surface area contributed by atoms with Crippen molar-refractivity contribution in [2.75, 3.05) is 6.61 Å². The first-order chi connectivity index (χ1) is 7.15. The van der Waals surface area contributed by atoms with E-state index in [1.165, 1.54) is 0 Å². The molecule has 2 fully saturated rings. The zero-order valence-electron chi connectivity index (χ0n) is 9.23. The topological polar surface area (TPSA) is 46.6 Å². The van der Waals surface area contributed by atoms with Crippen molar-refractivity contribution < 1.29 is 14.4 Å². The summed E-state index contributed by atoms with van der Waals surface area (Å²) in [4.78, 5) is 28.8. The van der Waals surface area contributed by atoms with E-state index in [0.717, 1.165) is 24.3 Å². The smallest absolute Gasteiger partial charge is 0.257 e. The van der Waals surface area contributed by atoms with Gasteiger partial charge >= 0.3 is 0 Å². The fraction of sp³-hybridized carbons (Fsp3) is 0.818. The lowest BCUT2D eigenvalue weighted by Gasteiger charge is -2.25. The predicted molar refractivity (Wildman–Crippen MR) is 53.5 cm³/mol. The molecule has 0 aromatic rings. The number of carbonyl (C=O) groups is 2. The van der Waals surface area contributed by atoms with Crippen LogP contribution in [0.25, 0.3) is 0 Å². The van der Waals surface area contributed by atoms with Crippen LogP contribution in [-0.4, -0.2) is 23.5 Å². The zero-order valence-corrected chi connectivity index (χ0v) is 9.23. The van der Waals surface area contributed by atoms with Crippen LogP contribution in [0.5, 0.6) is 0 Å². The molecule has 2 rings (SSSR count). The monoisotopic (exact) mass is 211 g/mol. The molecule has 3 unspecified atom stereocenters. The van der Waals surface area contributed by atoms with Crippen LogP contribution in [0, 0.1) is 17.8 Å². The number of hydrogen-bond acceptors (Lipinski definition) is 3. The van der Waals surface area contributed by atoms with Crippen LogP contribution >= 0.6 is 0 Å². The molecule has 0 aromatic carbocycles. The summed E-state index contributed by atoms with van der Waals surface area (Å²) < 4.78 is 0. The van der Waals surface area contributed by atoms with Crippen LogP contribution in [0.1, 0.15) is 33.1 Å². The van der Waals surface area contributed by atoms with Gasteiger partial charge in [-0.05, 0) is 32.1 Å². The molecule has 0 bridgehead atoms. The van der Waals surface area contributed by atoms with Crippen LogP contribution in [0.2, 0.25) is 0 Å². The van der Waals surface area contributed by atoms with E-state index in [4.69, 9.17) is 4.84 Å². The maximum atomic E-state index is 11.9. The molecule has 4 heteroatoms. The Morgan fingerprint density at radius 2 is 1.93 bits per heavy atom. The average molecular weight is 211 g/mol. The van der Waals surface area contributed by atoms with Gasteiger partial charge in [-0.25, -0.2) is 0 Å². The maximum Gasteiger partial charge on any atom is 0.257 e. The van der Waals surface area contributed by atoms with Crippen molar-refractivity contribution in [1.29, 1.82) is 0 Å². The van der Waals surface area contributed by atoms with Gasteiger partial charge in [0.25, 0.3) is 11.8 Å². The first-order valence-electron chi connectivity index (χ1n) is 5.65. The van der Waals surface area contributed by atoms with Crippen LogP contribution < -0.4 is 0 Å². The summed E-state index contributed by atoms with van der Waals surface area (Å²) in [5.41, 5.74) is 0. The first kappa shape index (κ1) is 10.6. The lowest BCUT2D eigenvalue weighted by atomic mass is 9.76. The van der Waals surface area contributed by atoms with E-state index in [-0.39, 0.29) is 23.7 Å². The van der Waals surface area contributed by atoms with E-state index in [1.54, 1.807) is 6.92 Å². The molecule has 0 radical (unpaired) electrons. The second-order valence-corrected chi connectivity index (χ2v) is 4.52. The molecule has 1 heterocycles. The second-order valence-electron chi connectivity index (χ2n) is 4.52. The number of carbonyl (C=O) groups excluding carboxylic acids is 2. The highest BCUT2D eigenvalue weighted by atomic mass is 16.7. The minimum absolute atomic E-state index is 0.111. The van der Waals surface area contributed by atoms with Gasteiger partial charge in [0, 0.05) is 0 Å². The minimum atomic E-state index is -0.126. The van der Waals surface area contributed by atoms with Crippen molar-refractivity contribution in [2.24, 2.45) is 17.8 Å². The molecule has 84 valence electrons. The fourth-order valence-electron chi connectivity index (χ4n) is 2.62. The Morgan fingerprint density at radius 3 is 2.60 bits per heavy atom. The third-order valence-electron chi connectivity index (χ3n) is 3.41. The third-order valence-corrected chi connectivity index (χ3v) is 3.41. The number of hydrogen-bond donors (Lipinski definition) is 0. The Kier molecular flexibility index (Phi) is 2.78. The number of imide groups is 1. The Balaban J connectivity index is 2.15. The van der Waals surface area contributed by atoms with E-state index in [9.17, 15) is 9.59 Å². The van der Waals surface area contributed by atoms with Crippen molar-refractivity contribution in [3.05, 3.63) is 0 Å². The Bertz CT molecular complexity index is 290. The molecule has 2 amide bonds. The minimum Gasteiger partial charge on any atom is -0.272 e. The Hall–Kier alpha value is -0.900. The summed E-state index contributed by atoms with van der Waals surface area (Å²) in [6, 6.07) is 0. The standard InChI is InChI=1S/C11H17NO3/c1-3-15-12-10(13)8-5-4-7(2)6-9(8)11(12)14/h7-9H,3-6H2,1-2H3. The van der Waals surface area contributed by atoms with Crippen molar-refractivity contribution in [3.8, 4) is 0 Å². The summed E-state index contributed by atoms with van der Waals surface area (Å²) >= 11 is 0. The number of hydroxylamine groups is 2. The zero-order chi connectivity index (χ0) is 11.0. The normalized spacial score (nSPS) is 35.9. The van der Waals surface area contributed by atoms with Gasteiger partial charge in [-0.3, -0.25) is 14.4 Å². The summed E-state index contributed by atoms with van der Waals surface area (Å²) in [6.07, 6.45) is 2.71. The van der Waals surface area contributed by atoms with Gasteiger partial charge in [0.05, 0.1) is 18.4 Å². The molecule has 0 aromatic heterocycles. The van der Waals surface area contributed by atoms with Crippen LogP contribution in [0.15, 0.2) is 0 Å². The van der Waals surface area contributed by atoms with Gasteiger partial charge in [0.2, 0.25) is 0 Å². The van der Waals surface area contributed by atoms with Gasteiger partial charge in [0.15, 0.2) is 0 Å². The van der Waals surface area contributed by atoms with Gasteiger partial charge in [0.1, 0.15) is 0 Å². The molecule has 15 heavy (non-hydrogen) atoms. The van der Waals surface area contributed by atoms with Crippen molar-refractivity contribution in [2.45, 2.75) is 33.1 Å². The van der Waals surface area contributed by atoms with Crippen LogP contribution in [0.3, 0.4) is 0 Å². The summed E-state index contributed by atoms with van der Waals surface area (Å²) in [5, 5.41) is 0.993. The Labute approximate surface area is 89.5 Å². The van der Waals surface area contributed by atoms with E-state index in [1.807, 2.05) is 0 Å². The maximum absolute atomic E-state index is 11.9. The lowest BCUT2D eigenvalue weighted by molar-refractivity contribution is -0.188. The van der Waals surface area contributed by atoms with Gasteiger partial charge in [-0.15, -0.1) is 0 Å². The van der Waals surface area contributed by atoms with Crippen molar-refractivity contribution in [3.63, 3.8) is 0 Å². The molecule has 4 nitrogen and oxygen atoms in total. The van der Waals surface area contributed by atoms with Crippen molar-refractivity contribution >= 4 is 11.8 Å². The van der Waals surface area contributed by atoms with Crippen molar-refractivity contribution in [1.82, 2.24) is 5.06 Å². The molecule has 0 spiro atoms. The van der Waals surface area contributed by atoms with E-state index in [0.29, 0.717) is 12.5 Å². The first-order valence-corrected chi connectivity index (χ1v) is 5.65. The highest BCUT2D eigenvalue weighted by molar-refractivity contribution is 6.04. The largest absolute Gasteiger partial charge is 0.272 e. The number of rotatable bonds is 2. The van der Waals surface area contributed by atoms with Gasteiger partial charge in [-0.1, -0.05) is 6.92 Å². The summed E-state index contributed by atoms with van der Waals surface area (Å²) in [7, 11) is 0. The number of fused-ring (bicyclic) bond motifs is 1. The predicted octanol–water partition coefficient (Wildman–Crippen LogP) is 1.36. The van der Waals surface area contributed by atoms with Gasteiger partial charge in [-0.2, -0.15) is 5.06 Å².